The number of carbonyl (C=O) groups is 1. The highest BCUT2D eigenvalue weighted by atomic mass is 16.6. The molecule has 1 amide bonds. The molecule has 0 spiro atoms. The van der Waals surface area contributed by atoms with Crippen LogP contribution in [-0.2, 0) is 17.8 Å². The molecule has 0 aliphatic carbocycles. The molecule has 1 atom stereocenters. The third kappa shape index (κ3) is 7.01. The average Bonchev–Trinajstić information content (AvgIpc) is 2.60. The van der Waals surface area contributed by atoms with E-state index in [-0.39, 0.29) is 6.04 Å². The van der Waals surface area contributed by atoms with Gasteiger partial charge in [-0.2, -0.15) is 0 Å². The molecular formula is C22H27NO3. The Morgan fingerprint density at radius 1 is 1.08 bits per heavy atom. The lowest BCUT2D eigenvalue weighted by Crippen LogP contribution is -2.39. The first-order chi connectivity index (χ1) is 12.4. The van der Waals surface area contributed by atoms with Crippen LogP contribution in [0.4, 0.5) is 4.79 Å². The summed E-state index contributed by atoms with van der Waals surface area (Å²) in [6.45, 7) is 9.84. The van der Waals surface area contributed by atoms with Crippen molar-refractivity contribution >= 4 is 6.09 Å². The van der Waals surface area contributed by atoms with Crippen LogP contribution in [0.25, 0.3) is 0 Å². The van der Waals surface area contributed by atoms with E-state index in [4.69, 9.17) is 9.47 Å². The van der Waals surface area contributed by atoms with Crippen molar-refractivity contribution in [1.29, 1.82) is 0 Å². The molecule has 0 aliphatic rings. The van der Waals surface area contributed by atoms with Crippen LogP contribution in [0.5, 0.6) is 5.75 Å². The van der Waals surface area contributed by atoms with Crippen LogP contribution >= 0.6 is 0 Å². The third-order valence-corrected chi connectivity index (χ3v) is 3.61. The van der Waals surface area contributed by atoms with Crippen molar-refractivity contribution in [1.82, 2.24) is 5.32 Å². The second-order valence-electron chi connectivity index (χ2n) is 7.11. The molecule has 2 aromatic rings. The highest BCUT2D eigenvalue weighted by Crippen LogP contribution is 2.16. The second-order valence-corrected chi connectivity index (χ2v) is 7.11. The summed E-state index contributed by atoms with van der Waals surface area (Å²) < 4.78 is 11.1. The van der Waals surface area contributed by atoms with Crippen LogP contribution in [0.3, 0.4) is 0 Å². The van der Waals surface area contributed by atoms with Crippen LogP contribution in [0.2, 0.25) is 0 Å². The van der Waals surface area contributed by atoms with Gasteiger partial charge < -0.3 is 14.8 Å². The lowest BCUT2D eigenvalue weighted by Gasteiger charge is -2.22. The maximum atomic E-state index is 11.9. The Labute approximate surface area is 155 Å². The SMILES string of the molecule is C=C[C@H](Cc1ccc(OCc2ccccc2)cc1)NC(=O)OC(C)(C)C. The predicted octanol–water partition coefficient (Wildman–Crippen LogP) is 4.89. The Balaban J connectivity index is 1.86. The molecule has 0 aliphatic heterocycles. The predicted molar refractivity (Wildman–Crippen MR) is 104 cm³/mol. The maximum absolute atomic E-state index is 11.9. The van der Waals surface area contributed by atoms with Gasteiger partial charge >= 0.3 is 6.09 Å². The molecule has 0 radical (unpaired) electrons. The van der Waals surface area contributed by atoms with E-state index >= 15 is 0 Å². The maximum Gasteiger partial charge on any atom is 0.408 e. The molecule has 0 saturated carbocycles. The summed E-state index contributed by atoms with van der Waals surface area (Å²) in [7, 11) is 0. The van der Waals surface area contributed by atoms with E-state index in [1.54, 1.807) is 6.08 Å². The molecule has 2 rings (SSSR count). The highest BCUT2D eigenvalue weighted by molar-refractivity contribution is 5.68. The molecule has 0 aromatic heterocycles. The van der Waals surface area contributed by atoms with E-state index in [0.29, 0.717) is 13.0 Å². The van der Waals surface area contributed by atoms with Crippen molar-refractivity contribution in [3.8, 4) is 5.75 Å². The molecule has 4 nitrogen and oxygen atoms in total. The minimum atomic E-state index is -0.520. The number of amides is 1. The van der Waals surface area contributed by atoms with Crippen LogP contribution in [-0.4, -0.2) is 17.7 Å². The van der Waals surface area contributed by atoms with E-state index in [1.165, 1.54) is 0 Å². The van der Waals surface area contributed by atoms with Crippen molar-refractivity contribution < 1.29 is 14.3 Å². The van der Waals surface area contributed by atoms with Gasteiger partial charge in [0.15, 0.2) is 0 Å². The van der Waals surface area contributed by atoms with Crippen LogP contribution in [0.1, 0.15) is 31.9 Å². The summed E-state index contributed by atoms with van der Waals surface area (Å²) in [6.07, 6.45) is 1.91. The minimum absolute atomic E-state index is 0.194. The molecule has 0 saturated heterocycles. The average molecular weight is 353 g/mol. The number of hydrogen-bond acceptors (Lipinski definition) is 3. The van der Waals surface area contributed by atoms with Crippen LogP contribution < -0.4 is 10.1 Å². The number of rotatable bonds is 7. The van der Waals surface area contributed by atoms with E-state index in [2.05, 4.69) is 11.9 Å². The number of benzene rings is 2. The molecule has 0 heterocycles. The summed E-state index contributed by atoms with van der Waals surface area (Å²) in [5, 5.41) is 2.82. The Hall–Kier alpha value is -2.75. The molecule has 2 aromatic carbocycles. The fourth-order valence-corrected chi connectivity index (χ4v) is 2.37. The molecular weight excluding hydrogens is 326 g/mol. The molecule has 138 valence electrons. The molecule has 0 unspecified atom stereocenters. The summed E-state index contributed by atoms with van der Waals surface area (Å²) in [6, 6.07) is 17.7. The van der Waals surface area contributed by atoms with Gasteiger partial charge in [-0.05, 0) is 50.5 Å². The second kappa shape index (κ2) is 9.09. The monoisotopic (exact) mass is 353 g/mol. The third-order valence-electron chi connectivity index (χ3n) is 3.61. The van der Waals surface area contributed by atoms with Crippen molar-refractivity contribution in [3.63, 3.8) is 0 Å². The van der Waals surface area contributed by atoms with Gasteiger partial charge in [-0.3, -0.25) is 0 Å². The number of ether oxygens (including phenoxy) is 2. The number of carbonyl (C=O) groups excluding carboxylic acids is 1. The summed E-state index contributed by atoms with van der Waals surface area (Å²) in [5.41, 5.74) is 1.69. The zero-order valence-corrected chi connectivity index (χ0v) is 15.7. The first-order valence-electron chi connectivity index (χ1n) is 8.73. The van der Waals surface area contributed by atoms with E-state index in [0.717, 1.165) is 16.9 Å². The minimum Gasteiger partial charge on any atom is -0.489 e. The Kier molecular flexibility index (Phi) is 6.84. The van der Waals surface area contributed by atoms with Gasteiger partial charge in [0.25, 0.3) is 0 Å². The van der Waals surface area contributed by atoms with Crippen LogP contribution in [0.15, 0.2) is 67.3 Å². The fraction of sp³-hybridized carbons (Fsp3) is 0.318. The first kappa shape index (κ1) is 19.6. The zero-order valence-electron chi connectivity index (χ0n) is 15.7. The Morgan fingerprint density at radius 2 is 1.73 bits per heavy atom. The zero-order chi connectivity index (χ0) is 19.0. The van der Waals surface area contributed by atoms with Gasteiger partial charge in [-0.15, -0.1) is 6.58 Å². The Bertz CT molecular complexity index is 702. The summed E-state index contributed by atoms with van der Waals surface area (Å²) in [4.78, 5) is 11.9. The van der Waals surface area contributed by atoms with Crippen molar-refractivity contribution in [2.24, 2.45) is 0 Å². The molecule has 4 heteroatoms. The molecule has 0 bridgehead atoms. The number of alkyl carbamates (subject to hydrolysis) is 1. The molecule has 0 fully saturated rings. The van der Waals surface area contributed by atoms with E-state index in [1.807, 2.05) is 75.4 Å². The van der Waals surface area contributed by atoms with Gasteiger partial charge in [0, 0.05) is 0 Å². The van der Waals surface area contributed by atoms with Crippen LogP contribution in [0, 0.1) is 0 Å². The van der Waals surface area contributed by atoms with Gasteiger partial charge in [-0.1, -0.05) is 48.5 Å². The number of hydrogen-bond donors (Lipinski definition) is 1. The topological polar surface area (TPSA) is 47.6 Å². The number of nitrogens with one attached hydrogen (secondary N) is 1. The standard InChI is InChI=1S/C22H27NO3/c1-5-19(23-21(24)26-22(2,3)4)15-17-11-13-20(14-12-17)25-16-18-9-7-6-8-10-18/h5-14,19H,1,15-16H2,2-4H3,(H,23,24)/t19-/m1/s1. The lowest BCUT2D eigenvalue weighted by molar-refractivity contribution is 0.0514. The summed E-state index contributed by atoms with van der Waals surface area (Å²) >= 11 is 0. The quantitative estimate of drug-likeness (QED) is 0.721. The van der Waals surface area contributed by atoms with Gasteiger partial charge in [-0.25, -0.2) is 4.79 Å². The first-order valence-corrected chi connectivity index (χ1v) is 8.73. The fourth-order valence-electron chi connectivity index (χ4n) is 2.37. The van der Waals surface area contributed by atoms with Crippen molar-refractivity contribution in [2.75, 3.05) is 0 Å². The van der Waals surface area contributed by atoms with Crippen molar-refractivity contribution in [3.05, 3.63) is 78.4 Å². The normalized spacial score (nSPS) is 12.1. The molecule has 26 heavy (non-hydrogen) atoms. The smallest absolute Gasteiger partial charge is 0.408 e. The summed E-state index contributed by atoms with van der Waals surface area (Å²) in [5.74, 6) is 0.813. The Morgan fingerprint density at radius 3 is 2.31 bits per heavy atom. The van der Waals surface area contributed by atoms with Crippen molar-refractivity contribution in [2.45, 2.75) is 45.4 Å². The lowest BCUT2D eigenvalue weighted by atomic mass is 10.1. The molecule has 1 N–H and O–H groups in total. The largest absolute Gasteiger partial charge is 0.489 e. The van der Waals surface area contributed by atoms with Gasteiger partial charge in [0.05, 0.1) is 6.04 Å². The highest BCUT2D eigenvalue weighted by Gasteiger charge is 2.18. The van der Waals surface area contributed by atoms with E-state index < -0.39 is 11.7 Å². The van der Waals surface area contributed by atoms with Gasteiger partial charge in [0.2, 0.25) is 0 Å². The van der Waals surface area contributed by atoms with Gasteiger partial charge in [0.1, 0.15) is 18.0 Å². The van der Waals surface area contributed by atoms with E-state index in [9.17, 15) is 4.79 Å².